The first kappa shape index (κ1) is 13.6. The number of carbonyl (C=O) groups is 1. The van der Waals surface area contributed by atoms with Gasteiger partial charge in [0.1, 0.15) is 5.58 Å². The summed E-state index contributed by atoms with van der Waals surface area (Å²) in [7, 11) is 0. The molecule has 3 rings (SSSR count). The highest BCUT2D eigenvalue weighted by atomic mass is 16.3. The molecule has 0 unspecified atom stereocenters. The van der Waals surface area contributed by atoms with Crippen molar-refractivity contribution in [1.82, 2.24) is 0 Å². The summed E-state index contributed by atoms with van der Waals surface area (Å²) in [6, 6.07) is 18.0. The van der Waals surface area contributed by atoms with Crippen molar-refractivity contribution in [3.05, 3.63) is 71.5 Å². The number of para-hydroxylation sites is 1. The highest BCUT2D eigenvalue weighted by molar-refractivity contribution is 5.97. The molecule has 0 N–H and O–H groups in total. The van der Waals surface area contributed by atoms with Crippen LogP contribution < -0.4 is 0 Å². The van der Waals surface area contributed by atoms with Gasteiger partial charge in [-0.25, -0.2) is 0 Å². The molecule has 1 heterocycles. The number of hydrogen-bond acceptors (Lipinski definition) is 2. The number of ketones is 1. The van der Waals surface area contributed by atoms with Gasteiger partial charge >= 0.3 is 0 Å². The van der Waals surface area contributed by atoms with Crippen molar-refractivity contribution in [2.45, 2.75) is 26.2 Å². The van der Waals surface area contributed by atoms with Crippen LogP contribution in [-0.4, -0.2) is 5.78 Å². The zero-order chi connectivity index (χ0) is 14.7. The van der Waals surface area contributed by atoms with Crippen LogP contribution >= 0.6 is 0 Å². The Labute approximate surface area is 124 Å². The van der Waals surface area contributed by atoms with Gasteiger partial charge in [0.15, 0.2) is 11.5 Å². The molecule has 0 spiro atoms. The lowest BCUT2D eigenvalue weighted by Gasteiger charge is -2.01. The van der Waals surface area contributed by atoms with Crippen LogP contribution in [0.1, 0.15) is 35.0 Å². The van der Waals surface area contributed by atoms with E-state index in [9.17, 15) is 4.79 Å². The number of rotatable bonds is 5. The van der Waals surface area contributed by atoms with Gasteiger partial charge in [0, 0.05) is 11.8 Å². The molecule has 0 aliphatic heterocycles. The lowest BCUT2D eigenvalue weighted by atomic mass is 10.0. The summed E-state index contributed by atoms with van der Waals surface area (Å²) in [5.74, 6) is 0.521. The third-order valence-electron chi connectivity index (χ3n) is 3.77. The first-order chi connectivity index (χ1) is 10.3. The van der Waals surface area contributed by atoms with Crippen LogP contribution in [-0.2, 0) is 12.8 Å². The zero-order valence-corrected chi connectivity index (χ0v) is 12.1. The number of hydrogen-bond donors (Lipinski definition) is 0. The molecule has 2 nitrogen and oxygen atoms in total. The number of Topliss-reactive ketones (excluding diaryl/α,β-unsaturated/α-hetero) is 1. The zero-order valence-electron chi connectivity index (χ0n) is 12.1. The summed E-state index contributed by atoms with van der Waals surface area (Å²) in [5, 5.41) is 0.980. The molecule has 2 heteroatoms. The number of furan rings is 1. The minimum atomic E-state index is 0.0609. The second-order valence-corrected chi connectivity index (χ2v) is 5.24. The van der Waals surface area contributed by atoms with Crippen molar-refractivity contribution in [3.8, 4) is 0 Å². The molecule has 0 saturated carbocycles. The summed E-state index contributed by atoms with van der Waals surface area (Å²) in [5.41, 5.74) is 3.28. The summed E-state index contributed by atoms with van der Waals surface area (Å²) >= 11 is 0. The Hall–Kier alpha value is -2.35. The van der Waals surface area contributed by atoms with Gasteiger partial charge in [-0.15, -0.1) is 0 Å². The average molecular weight is 278 g/mol. The van der Waals surface area contributed by atoms with Crippen molar-refractivity contribution < 1.29 is 9.21 Å². The van der Waals surface area contributed by atoms with E-state index < -0.39 is 0 Å². The van der Waals surface area contributed by atoms with E-state index in [2.05, 4.69) is 31.2 Å². The van der Waals surface area contributed by atoms with Crippen molar-refractivity contribution in [1.29, 1.82) is 0 Å². The summed E-state index contributed by atoms with van der Waals surface area (Å²) in [4.78, 5) is 12.2. The van der Waals surface area contributed by atoms with E-state index in [0.717, 1.165) is 23.8 Å². The molecule has 0 radical (unpaired) electrons. The van der Waals surface area contributed by atoms with E-state index in [1.807, 2.05) is 30.3 Å². The lowest BCUT2D eigenvalue weighted by Crippen LogP contribution is -1.99. The van der Waals surface area contributed by atoms with E-state index >= 15 is 0 Å². The SMILES string of the molecule is CCc1ccc(CCC(=O)c2cc3ccccc3o2)cc1. The van der Waals surface area contributed by atoms with Crippen LogP contribution in [0.4, 0.5) is 0 Å². The van der Waals surface area contributed by atoms with Gasteiger partial charge in [-0.2, -0.15) is 0 Å². The molecular formula is C19H18O2. The average Bonchev–Trinajstić information content (AvgIpc) is 2.97. The largest absolute Gasteiger partial charge is 0.453 e. The number of benzene rings is 2. The van der Waals surface area contributed by atoms with E-state index in [1.54, 1.807) is 0 Å². The standard InChI is InChI=1S/C19H18O2/c1-2-14-7-9-15(10-8-14)11-12-17(20)19-13-16-5-3-4-6-18(16)21-19/h3-10,13H,2,11-12H2,1H3. The maximum Gasteiger partial charge on any atom is 0.198 e. The highest BCUT2D eigenvalue weighted by Crippen LogP contribution is 2.20. The summed E-state index contributed by atoms with van der Waals surface area (Å²) < 4.78 is 5.61. The molecule has 2 aromatic carbocycles. The summed E-state index contributed by atoms with van der Waals surface area (Å²) in [6.07, 6.45) is 2.27. The van der Waals surface area contributed by atoms with E-state index in [-0.39, 0.29) is 5.78 Å². The Morgan fingerprint density at radius 2 is 1.71 bits per heavy atom. The molecular weight excluding hydrogens is 260 g/mol. The van der Waals surface area contributed by atoms with Crippen LogP contribution in [0.15, 0.2) is 59.0 Å². The van der Waals surface area contributed by atoms with E-state index in [1.165, 1.54) is 11.1 Å². The van der Waals surface area contributed by atoms with Crippen LogP contribution in [0.3, 0.4) is 0 Å². The molecule has 0 saturated heterocycles. The molecule has 106 valence electrons. The van der Waals surface area contributed by atoms with Gasteiger partial charge in [-0.05, 0) is 36.1 Å². The molecule has 0 amide bonds. The quantitative estimate of drug-likeness (QED) is 0.627. The lowest BCUT2D eigenvalue weighted by molar-refractivity contribution is 0.0958. The van der Waals surface area contributed by atoms with Crippen molar-refractivity contribution in [2.24, 2.45) is 0 Å². The van der Waals surface area contributed by atoms with Gasteiger partial charge in [-0.3, -0.25) is 4.79 Å². The highest BCUT2D eigenvalue weighted by Gasteiger charge is 2.12. The van der Waals surface area contributed by atoms with Gasteiger partial charge in [0.2, 0.25) is 0 Å². The predicted molar refractivity (Wildman–Crippen MR) is 84.7 cm³/mol. The van der Waals surface area contributed by atoms with E-state index in [0.29, 0.717) is 12.2 Å². The first-order valence-corrected chi connectivity index (χ1v) is 7.36. The third-order valence-corrected chi connectivity index (χ3v) is 3.77. The molecule has 0 fully saturated rings. The smallest absolute Gasteiger partial charge is 0.198 e. The number of aryl methyl sites for hydroxylation is 2. The molecule has 0 atom stereocenters. The fourth-order valence-corrected chi connectivity index (χ4v) is 2.44. The Balaban J connectivity index is 1.68. The summed E-state index contributed by atoms with van der Waals surface area (Å²) in [6.45, 7) is 2.14. The fourth-order valence-electron chi connectivity index (χ4n) is 2.44. The maximum atomic E-state index is 12.2. The van der Waals surface area contributed by atoms with Crippen molar-refractivity contribution in [3.63, 3.8) is 0 Å². The Morgan fingerprint density at radius 1 is 1.00 bits per heavy atom. The molecule has 0 bridgehead atoms. The molecule has 0 aliphatic rings. The van der Waals surface area contributed by atoms with Crippen LogP contribution in [0.5, 0.6) is 0 Å². The normalized spacial score (nSPS) is 10.9. The van der Waals surface area contributed by atoms with Crippen LogP contribution in [0.25, 0.3) is 11.0 Å². The maximum absolute atomic E-state index is 12.2. The van der Waals surface area contributed by atoms with E-state index in [4.69, 9.17) is 4.42 Å². The third kappa shape index (κ3) is 3.05. The van der Waals surface area contributed by atoms with Gasteiger partial charge in [0.25, 0.3) is 0 Å². The second kappa shape index (κ2) is 5.96. The fraction of sp³-hybridized carbons (Fsp3) is 0.211. The monoisotopic (exact) mass is 278 g/mol. The van der Waals surface area contributed by atoms with Gasteiger partial charge in [0.05, 0.1) is 0 Å². The Kier molecular flexibility index (Phi) is 3.87. The Bertz CT molecular complexity index is 718. The molecule has 0 aliphatic carbocycles. The second-order valence-electron chi connectivity index (χ2n) is 5.24. The molecule has 21 heavy (non-hydrogen) atoms. The van der Waals surface area contributed by atoms with Gasteiger partial charge in [-0.1, -0.05) is 49.4 Å². The first-order valence-electron chi connectivity index (χ1n) is 7.36. The van der Waals surface area contributed by atoms with Crippen molar-refractivity contribution >= 4 is 16.8 Å². The number of carbonyl (C=O) groups excluding carboxylic acids is 1. The Morgan fingerprint density at radius 3 is 2.43 bits per heavy atom. The minimum Gasteiger partial charge on any atom is -0.453 e. The minimum absolute atomic E-state index is 0.0609. The molecule has 3 aromatic rings. The van der Waals surface area contributed by atoms with Crippen LogP contribution in [0, 0.1) is 0 Å². The number of fused-ring (bicyclic) bond motifs is 1. The predicted octanol–water partition coefficient (Wildman–Crippen LogP) is 4.81. The van der Waals surface area contributed by atoms with Crippen LogP contribution in [0.2, 0.25) is 0 Å². The molecule has 1 aromatic heterocycles. The topological polar surface area (TPSA) is 30.2 Å². The van der Waals surface area contributed by atoms with Crippen molar-refractivity contribution in [2.75, 3.05) is 0 Å². The van der Waals surface area contributed by atoms with Gasteiger partial charge < -0.3 is 4.42 Å².